The van der Waals surface area contributed by atoms with E-state index in [2.05, 4.69) is 5.32 Å². The van der Waals surface area contributed by atoms with Gasteiger partial charge >= 0.3 is 5.97 Å². The predicted octanol–water partition coefficient (Wildman–Crippen LogP) is 2.00. The minimum Gasteiger partial charge on any atom is -0.462 e. The quantitative estimate of drug-likeness (QED) is 0.740. The number of carbonyl (C=O) groups excluding carboxylic acids is 2. The highest BCUT2D eigenvalue weighted by Gasteiger charge is 2.28. The summed E-state index contributed by atoms with van der Waals surface area (Å²) < 4.78 is 28.5. The Morgan fingerprint density at radius 3 is 2.24 bits per heavy atom. The summed E-state index contributed by atoms with van der Waals surface area (Å²) in [4.78, 5) is 24.0. The maximum Gasteiger partial charge on any atom is 0.338 e. The lowest BCUT2D eigenvalue weighted by Gasteiger charge is -2.26. The topological polar surface area (TPSA) is 116 Å². The molecule has 1 aromatic rings. The number of hydrogen-bond acceptors (Lipinski definition) is 6. The molecule has 0 aromatic heterocycles. The van der Waals surface area contributed by atoms with E-state index >= 15 is 0 Å². The molecule has 0 spiro atoms. The van der Waals surface area contributed by atoms with Crippen LogP contribution in [0.1, 0.15) is 38.1 Å². The maximum atomic E-state index is 12.2. The maximum absolute atomic E-state index is 12.2. The van der Waals surface area contributed by atoms with E-state index in [1.807, 2.05) is 20.8 Å². The molecule has 0 aliphatic carbocycles. The van der Waals surface area contributed by atoms with Crippen LogP contribution in [0, 0.1) is 5.41 Å². The van der Waals surface area contributed by atoms with Crippen LogP contribution in [0.4, 0.5) is 5.69 Å². The third-order valence-corrected chi connectivity index (χ3v) is 4.42. The molecule has 0 aliphatic rings. The number of benzene rings is 1. The molecule has 0 bridgehead atoms. The van der Waals surface area contributed by atoms with Gasteiger partial charge in [-0.05, 0) is 30.5 Å². The Bertz CT molecular complexity index is 741. The first-order valence-electron chi connectivity index (χ1n) is 7.45. The monoisotopic (exact) mass is 392 g/mol. The average Bonchev–Trinajstić information content (AvgIpc) is 2.44. The van der Waals surface area contributed by atoms with Crippen LogP contribution in [-0.2, 0) is 19.4 Å². The molecule has 142 valence electrons. The van der Waals surface area contributed by atoms with Crippen LogP contribution >= 0.6 is 12.4 Å². The van der Waals surface area contributed by atoms with Crippen molar-refractivity contribution in [1.82, 2.24) is 0 Å². The van der Waals surface area contributed by atoms with Gasteiger partial charge in [-0.1, -0.05) is 20.8 Å². The molecule has 0 aliphatic heterocycles. The van der Waals surface area contributed by atoms with E-state index in [0.717, 1.165) is 6.26 Å². The molecule has 0 heterocycles. The molecular weight excluding hydrogens is 368 g/mol. The number of sulfone groups is 1. The number of esters is 1. The van der Waals surface area contributed by atoms with Crippen molar-refractivity contribution in [3.05, 3.63) is 23.8 Å². The van der Waals surface area contributed by atoms with E-state index in [-0.39, 0.29) is 35.2 Å². The van der Waals surface area contributed by atoms with Gasteiger partial charge < -0.3 is 15.8 Å². The lowest BCUT2D eigenvalue weighted by Crippen LogP contribution is -2.45. The van der Waals surface area contributed by atoms with Gasteiger partial charge in [0, 0.05) is 11.9 Å². The molecule has 1 aromatic carbocycles. The van der Waals surface area contributed by atoms with Gasteiger partial charge in [-0.15, -0.1) is 12.4 Å². The van der Waals surface area contributed by atoms with Gasteiger partial charge in [-0.2, -0.15) is 0 Å². The van der Waals surface area contributed by atoms with Crippen LogP contribution < -0.4 is 11.1 Å². The smallest absolute Gasteiger partial charge is 0.338 e. The van der Waals surface area contributed by atoms with Crippen molar-refractivity contribution < 1.29 is 22.7 Å². The van der Waals surface area contributed by atoms with Crippen molar-refractivity contribution in [1.29, 1.82) is 0 Å². The second-order valence-corrected chi connectivity index (χ2v) is 8.59. The Hall–Kier alpha value is -1.64. The summed E-state index contributed by atoms with van der Waals surface area (Å²) >= 11 is 0. The van der Waals surface area contributed by atoms with Gasteiger partial charge in [-0.3, -0.25) is 4.79 Å². The summed E-state index contributed by atoms with van der Waals surface area (Å²) in [6, 6.07) is 3.06. The summed E-state index contributed by atoms with van der Waals surface area (Å²) in [6.45, 7) is 7.23. The minimum absolute atomic E-state index is 0. The fraction of sp³-hybridized carbons (Fsp3) is 0.500. The number of hydrogen-bond donors (Lipinski definition) is 2. The zero-order valence-electron chi connectivity index (χ0n) is 15.0. The van der Waals surface area contributed by atoms with Gasteiger partial charge in [0.1, 0.15) is 0 Å². The van der Waals surface area contributed by atoms with Gasteiger partial charge in [0.15, 0.2) is 9.84 Å². The van der Waals surface area contributed by atoms with Gasteiger partial charge in [-0.25, -0.2) is 13.2 Å². The van der Waals surface area contributed by atoms with E-state index in [0.29, 0.717) is 0 Å². The third-order valence-electron chi connectivity index (χ3n) is 3.33. The van der Waals surface area contributed by atoms with E-state index in [9.17, 15) is 18.0 Å². The molecule has 0 radical (unpaired) electrons. The number of ether oxygens (including phenoxy) is 1. The van der Waals surface area contributed by atoms with Crippen molar-refractivity contribution in [2.45, 2.75) is 38.6 Å². The third kappa shape index (κ3) is 6.64. The number of anilines is 1. The molecule has 0 unspecified atom stereocenters. The normalized spacial score (nSPS) is 12.7. The van der Waals surface area contributed by atoms with Crippen molar-refractivity contribution in [3.8, 4) is 0 Å². The summed E-state index contributed by atoms with van der Waals surface area (Å²) in [5.74, 6) is -1.14. The highest BCUT2D eigenvalue weighted by molar-refractivity contribution is 7.90. The Kier molecular flexibility index (Phi) is 8.07. The molecule has 1 rings (SSSR count). The van der Waals surface area contributed by atoms with Crippen molar-refractivity contribution >= 4 is 39.8 Å². The van der Waals surface area contributed by atoms with E-state index in [1.165, 1.54) is 18.2 Å². The van der Waals surface area contributed by atoms with Crippen molar-refractivity contribution in [3.63, 3.8) is 0 Å². The highest BCUT2D eigenvalue weighted by Crippen LogP contribution is 2.22. The van der Waals surface area contributed by atoms with Gasteiger partial charge in [0.2, 0.25) is 5.91 Å². The second-order valence-electron chi connectivity index (χ2n) is 6.57. The van der Waals surface area contributed by atoms with Crippen molar-refractivity contribution in [2.75, 3.05) is 18.2 Å². The first kappa shape index (κ1) is 23.4. The highest BCUT2D eigenvalue weighted by atomic mass is 35.5. The molecule has 1 amide bonds. The molecule has 7 nitrogen and oxygen atoms in total. The molecule has 0 saturated carbocycles. The second kappa shape index (κ2) is 8.64. The van der Waals surface area contributed by atoms with E-state index in [1.54, 1.807) is 6.92 Å². The Labute approximate surface area is 154 Å². The van der Waals surface area contributed by atoms with Crippen LogP contribution in [0.25, 0.3) is 0 Å². The van der Waals surface area contributed by atoms with Gasteiger partial charge in [0.25, 0.3) is 0 Å². The van der Waals surface area contributed by atoms with Gasteiger partial charge in [0.05, 0.1) is 23.1 Å². The largest absolute Gasteiger partial charge is 0.462 e. The average molecular weight is 393 g/mol. The number of amides is 1. The predicted molar refractivity (Wildman–Crippen MR) is 98.8 cm³/mol. The fourth-order valence-electron chi connectivity index (χ4n) is 1.83. The molecule has 0 fully saturated rings. The molecule has 0 saturated heterocycles. The zero-order chi connectivity index (χ0) is 18.7. The Morgan fingerprint density at radius 1 is 1.24 bits per heavy atom. The minimum atomic E-state index is -3.57. The van der Waals surface area contributed by atoms with E-state index < -0.39 is 33.2 Å². The van der Waals surface area contributed by atoms with Crippen LogP contribution in [0.5, 0.6) is 0 Å². The summed E-state index contributed by atoms with van der Waals surface area (Å²) in [7, 11) is -3.57. The van der Waals surface area contributed by atoms with Crippen molar-refractivity contribution in [2.24, 2.45) is 11.1 Å². The summed E-state index contributed by atoms with van der Waals surface area (Å²) in [6.07, 6.45) is 1.02. The molecule has 3 N–H and O–H groups in total. The first-order valence-corrected chi connectivity index (χ1v) is 9.34. The molecule has 9 heteroatoms. The van der Waals surface area contributed by atoms with Crippen LogP contribution in [0.15, 0.2) is 23.1 Å². The lowest BCUT2D eigenvalue weighted by molar-refractivity contribution is -0.119. The molecule has 25 heavy (non-hydrogen) atoms. The molecular formula is C16H25ClN2O5S. The molecule has 1 atom stereocenters. The number of nitrogens with one attached hydrogen (secondary N) is 1. The lowest BCUT2D eigenvalue weighted by atomic mass is 9.87. The van der Waals surface area contributed by atoms with E-state index in [4.69, 9.17) is 10.5 Å². The fourth-order valence-corrected chi connectivity index (χ4v) is 2.51. The summed E-state index contributed by atoms with van der Waals surface area (Å²) in [5.41, 5.74) is 5.63. The van der Waals surface area contributed by atoms with Crippen LogP contribution in [-0.4, -0.2) is 39.2 Å². The first-order chi connectivity index (χ1) is 10.9. The number of nitrogens with two attached hydrogens (primary N) is 1. The Morgan fingerprint density at radius 2 is 1.80 bits per heavy atom. The number of rotatable bonds is 5. The number of halogens is 1. The standard InChI is InChI=1S/C16H24N2O5S.ClH/c1-6-23-15(20)10-7-11(9-12(8-10)24(5,21)22)18-14(19)13(17)16(2,3)4;/h7-9,13H,6,17H2,1-5H3,(H,18,19);1H/t13-;/m1./s1. The van der Waals surface area contributed by atoms with Crippen LogP contribution in [0.2, 0.25) is 0 Å². The zero-order valence-corrected chi connectivity index (χ0v) is 16.6. The number of carbonyl (C=O) groups is 2. The summed E-state index contributed by atoms with van der Waals surface area (Å²) in [5, 5.41) is 2.56. The van der Waals surface area contributed by atoms with Crippen LogP contribution in [0.3, 0.4) is 0 Å². The Balaban J connectivity index is 0.00000576. The SMILES string of the molecule is CCOC(=O)c1cc(NC(=O)[C@@H](N)C(C)(C)C)cc(S(C)(=O)=O)c1.Cl.